The summed E-state index contributed by atoms with van der Waals surface area (Å²) in [4.78, 5) is 11.9. The van der Waals surface area contributed by atoms with Gasteiger partial charge in [0.15, 0.2) is 5.78 Å². The summed E-state index contributed by atoms with van der Waals surface area (Å²) in [6, 6.07) is 0. The minimum atomic E-state index is -0.0347. The van der Waals surface area contributed by atoms with Gasteiger partial charge in [0.2, 0.25) is 0 Å². The van der Waals surface area contributed by atoms with Crippen molar-refractivity contribution < 1.29 is 4.79 Å². The second-order valence-electron chi connectivity index (χ2n) is 13.4. The van der Waals surface area contributed by atoms with Gasteiger partial charge in [0.1, 0.15) is 0 Å². The molecule has 0 saturated heterocycles. The van der Waals surface area contributed by atoms with E-state index in [0.29, 0.717) is 12.3 Å². The molecule has 220 valence electrons. The Kier molecular flexibility index (Phi) is 13.0. The molecule has 0 spiro atoms. The highest BCUT2D eigenvalue weighted by Gasteiger charge is 2.34. The van der Waals surface area contributed by atoms with Crippen LogP contribution in [-0.4, -0.2) is 5.78 Å². The maximum absolute atomic E-state index is 11.9. The van der Waals surface area contributed by atoms with Crippen molar-refractivity contribution in [2.45, 2.75) is 94.9 Å². The zero-order chi connectivity index (χ0) is 30.6. The second kappa shape index (κ2) is 15.7. The van der Waals surface area contributed by atoms with E-state index in [-0.39, 0.29) is 16.6 Å². The second-order valence-corrected chi connectivity index (χ2v) is 13.4. The Balaban J connectivity index is 1.89. The highest BCUT2D eigenvalue weighted by Crippen LogP contribution is 2.41. The van der Waals surface area contributed by atoms with Gasteiger partial charge in [0.25, 0.3) is 0 Å². The van der Waals surface area contributed by atoms with E-state index >= 15 is 0 Å². The molecule has 0 bridgehead atoms. The van der Waals surface area contributed by atoms with Crippen molar-refractivity contribution in [1.82, 2.24) is 0 Å². The number of allylic oxidation sites excluding steroid dienone is 22. The van der Waals surface area contributed by atoms with Crippen LogP contribution in [0.15, 0.2) is 130 Å². The minimum absolute atomic E-state index is 0.0347. The van der Waals surface area contributed by atoms with Crippen molar-refractivity contribution in [3.8, 4) is 0 Å². The van der Waals surface area contributed by atoms with E-state index in [0.717, 1.165) is 5.57 Å². The summed E-state index contributed by atoms with van der Waals surface area (Å²) in [5.74, 6) is 0.535. The lowest BCUT2D eigenvalue weighted by Gasteiger charge is -2.35. The van der Waals surface area contributed by atoms with Crippen LogP contribution in [0.25, 0.3) is 0 Å². The van der Waals surface area contributed by atoms with Gasteiger partial charge in [0.05, 0.1) is 0 Å². The summed E-state index contributed by atoms with van der Waals surface area (Å²) in [7, 11) is 0. The van der Waals surface area contributed by atoms with Gasteiger partial charge in [-0.15, -0.1) is 0 Å². The Labute approximate surface area is 252 Å². The van der Waals surface area contributed by atoms with Crippen LogP contribution in [0.3, 0.4) is 0 Å². The molecule has 1 nitrogen and oxygen atoms in total. The summed E-state index contributed by atoms with van der Waals surface area (Å²) in [5, 5.41) is 0. The summed E-state index contributed by atoms with van der Waals surface area (Å²) in [5.41, 5.74) is 9.31. The van der Waals surface area contributed by atoms with Gasteiger partial charge >= 0.3 is 0 Å². The highest BCUT2D eigenvalue weighted by atomic mass is 16.1. The van der Waals surface area contributed by atoms with Gasteiger partial charge in [-0.05, 0) is 83.3 Å². The van der Waals surface area contributed by atoms with Gasteiger partial charge in [-0.25, -0.2) is 0 Å². The van der Waals surface area contributed by atoms with Crippen LogP contribution in [0.5, 0.6) is 0 Å². The summed E-state index contributed by atoms with van der Waals surface area (Å²) < 4.78 is 0. The van der Waals surface area contributed by atoms with Crippen molar-refractivity contribution in [3.05, 3.63) is 130 Å². The molecule has 0 amide bonds. The average molecular weight is 551 g/mol. The molecular formula is C40H54O. The third-order valence-corrected chi connectivity index (χ3v) is 8.22. The fourth-order valence-electron chi connectivity index (χ4n) is 5.80. The zero-order valence-corrected chi connectivity index (χ0v) is 27.5. The Bertz CT molecular complexity index is 1280. The first kappa shape index (κ1) is 34.0. The van der Waals surface area contributed by atoms with E-state index in [9.17, 15) is 4.79 Å². The smallest absolute Gasteiger partial charge is 0.156 e. The van der Waals surface area contributed by atoms with E-state index in [1.54, 1.807) is 0 Å². The molecule has 2 aliphatic carbocycles. The maximum atomic E-state index is 11.9. The third-order valence-electron chi connectivity index (χ3n) is 8.22. The van der Waals surface area contributed by atoms with Crippen LogP contribution in [0.1, 0.15) is 94.9 Å². The average Bonchev–Trinajstić information content (AvgIpc) is 2.84. The zero-order valence-electron chi connectivity index (χ0n) is 27.5. The van der Waals surface area contributed by atoms with Crippen molar-refractivity contribution in [1.29, 1.82) is 0 Å². The summed E-state index contributed by atoms with van der Waals surface area (Å²) in [6.45, 7) is 22.0. The quantitative estimate of drug-likeness (QED) is 0.247. The molecule has 0 heterocycles. The van der Waals surface area contributed by atoms with Crippen LogP contribution in [-0.2, 0) is 4.79 Å². The molecule has 0 aromatic carbocycles. The van der Waals surface area contributed by atoms with Crippen molar-refractivity contribution in [3.63, 3.8) is 0 Å². The van der Waals surface area contributed by atoms with Gasteiger partial charge < -0.3 is 0 Å². The Morgan fingerprint density at radius 1 is 0.756 bits per heavy atom. The minimum Gasteiger partial charge on any atom is -0.295 e. The number of carbonyl (C=O) groups is 1. The van der Waals surface area contributed by atoms with E-state index in [4.69, 9.17) is 0 Å². The van der Waals surface area contributed by atoms with Crippen LogP contribution >= 0.6 is 0 Å². The maximum Gasteiger partial charge on any atom is 0.156 e. The summed E-state index contributed by atoms with van der Waals surface area (Å²) in [6.07, 6.45) is 36.5. The largest absolute Gasteiger partial charge is 0.295 e. The summed E-state index contributed by atoms with van der Waals surface area (Å²) >= 11 is 0. The first-order valence-electron chi connectivity index (χ1n) is 15.2. The lowest BCUT2D eigenvalue weighted by molar-refractivity contribution is -0.117. The molecule has 0 saturated carbocycles. The van der Waals surface area contributed by atoms with E-state index in [2.05, 4.69) is 154 Å². The van der Waals surface area contributed by atoms with Crippen molar-refractivity contribution in [2.75, 3.05) is 0 Å². The third kappa shape index (κ3) is 11.7. The fourth-order valence-corrected chi connectivity index (χ4v) is 5.80. The van der Waals surface area contributed by atoms with Gasteiger partial charge in [0, 0.05) is 12.3 Å². The normalized spacial score (nSPS) is 23.3. The molecule has 2 aliphatic rings. The molecule has 0 aliphatic heterocycles. The molecule has 0 radical (unpaired) electrons. The van der Waals surface area contributed by atoms with Crippen LogP contribution in [0.2, 0.25) is 0 Å². The van der Waals surface area contributed by atoms with E-state index in [1.165, 1.54) is 52.7 Å². The van der Waals surface area contributed by atoms with Crippen LogP contribution < -0.4 is 0 Å². The fraction of sp³-hybridized carbons (Fsp3) is 0.425. The molecular weight excluding hydrogens is 496 g/mol. The Morgan fingerprint density at radius 3 is 1.80 bits per heavy atom. The van der Waals surface area contributed by atoms with Crippen molar-refractivity contribution in [2.24, 2.45) is 16.7 Å². The van der Waals surface area contributed by atoms with Crippen molar-refractivity contribution >= 4 is 5.78 Å². The predicted octanol–water partition coefficient (Wildman–Crippen LogP) is 11.6. The van der Waals surface area contributed by atoms with E-state index in [1.807, 2.05) is 6.08 Å². The molecule has 2 rings (SSSR count). The molecule has 0 unspecified atom stereocenters. The molecule has 1 heteroatoms. The van der Waals surface area contributed by atoms with Gasteiger partial charge in [-0.1, -0.05) is 146 Å². The van der Waals surface area contributed by atoms with E-state index < -0.39 is 0 Å². The molecule has 41 heavy (non-hydrogen) atoms. The Hall–Kier alpha value is -3.19. The topological polar surface area (TPSA) is 17.1 Å². The molecule has 0 N–H and O–H groups in total. The number of carbonyl (C=O) groups excluding carboxylic acids is 1. The number of rotatable bonds is 10. The first-order valence-corrected chi connectivity index (χ1v) is 15.2. The van der Waals surface area contributed by atoms with Gasteiger partial charge in [-0.2, -0.15) is 0 Å². The van der Waals surface area contributed by atoms with Gasteiger partial charge in [-0.3, -0.25) is 4.79 Å². The molecule has 0 fully saturated rings. The Morgan fingerprint density at radius 2 is 1.27 bits per heavy atom. The van der Waals surface area contributed by atoms with Crippen LogP contribution in [0.4, 0.5) is 0 Å². The monoisotopic (exact) mass is 550 g/mol. The highest BCUT2D eigenvalue weighted by molar-refractivity contribution is 5.92. The molecule has 0 aromatic rings. The number of hydrogen-bond donors (Lipinski definition) is 0. The lowest BCUT2D eigenvalue weighted by atomic mass is 9.68. The molecule has 0 aromatic heterocycles. The number of ketones is 1. The lowest BCUT2D eigenvalue weighted by Crippen LogP contribution is -2.30. The van der Waals surface area contributed by atoms with Crippen LogP contribution in [0, 0.1) is 16.7 Å². The predicted molar refractivity (Wildman–Crippen MR) is 182 cm³/mol. The standard InChI is InChI=1S/C40H54O/c1-30(18-13-20-32(3)23-25-37-34(5)22-15-27-39(37,7)8)16-11-12-17-31(2)19-14-21-33(4)24-26-38-35(6)28-36(41)29-40(38,9)10/h11-14,16-21,23-26,28,38H,15,22,27,29H2,1-10H3/b12-11+,18-13+,19-14+,25-23+,26-24+,30-16+,31-17+,32-20+,33-21+/t38-/m0/s1. The first-order chi connectivity index (χ1) is 19.2. The molecule has 1 atom stereocenters. The number of hydrogen-bond acceptors (Lipinski definition) is 1. The SMILES string of the molecule is CC1=CC(=O)CC(C)(C)[C@H]1/C=C/C(C)=C/C=C/C(C)=C/C=C/C=C(C)/C=C/C=C(C)/C=C/C1=C(C)CCCC1(C)C.